The zero-order chi connectivity index (χ0) is 43.2. The topological polar surface area (TPSA) is 191 Å². The van der Waals surface area contributed by atoms with Crippen LogP contribution in [-0.2, 0) is 26.1 Å². The van der Waals surface area contributed by atoms with E-state index < -0.39 is 36.5 Å². The van der Waals surface area contributed by atoms with E-state index in [1.54, 1.807) is 61.1 Å². The highest BCUT2D eigenvalue weighted by Gasteiger charge is 2.46. The van der Waals surface area contributed by atoms with E-state index in [9.17, 15) is 29.1 Å². The maximum atomic E-state index is 14.2. The van der Waals surface area contributed by atoms with Gasteiger partial charge in [0.2, 0.25) is 5.91 Å². The minimum Gasteiger partial charge on any atom is -0.493 e. The second-order valence-electron chi connectivity index (χ2n) is 15.3. The number of aromatic nitrogens is 2. The number of fused-ring (bicyclic) bond motifs is 2. The Morgan fingerprint density at radius 3 is 2.57 bits per heavy atom. The molecule has 61 heavy (non-hydrogen) atoms. The maximum absolute atomic E-state index is 14.2. The Labute approximate surface area is 357 Å². The van der Waals surface area contributed by atoms with E-state index in [2.05, 4.69) is 22.2 Å². The first-order valence-corrected chi connectivity index (χ1v) is 21.2. The highest BCUT2D eigenvalue weighted by Crippen LogP contribution is 2.40. The molecule has 4 aromatic rings. The summed E-state index contributed by atoms with van der Waals surface area (Å²) in [5.74, 6) is -1.43. The molecular weight excluding hydrogens is 805 g/mol. The fourth-order valence-electron chi connectivity index (χ4n) is 7.83. The van der Waals surface area contributed by atoms with Crippen molar-refractivity contribution in [3.8, 4) is 16.3 Å². The second kappa shape index (κ2) is 19.1. The molecule has 1 aromatic carbocycles. The number of carboxylic acid groups (broad SMARTS) is 1. The molecule has 0 bridgehead atoms. The number of nitrogens with one attached hydrogen (secondary N) is 2. The van der Waals surface area contributed by atoms with E-state index in [4.69, 9.17) is 18.9 Å². The summed E-state index contributed by atoms with van der Waals surface area (Å²) in [6, 6.07) is 9.74. The minimum absolute atomic E-state index is 0.0304. The molecule has 16 nitrogen and oxygen atoms in total. The summed E-state index contributed by atoms with van der Waals surface area (Å²) in [6.45, 7) is 8.46. The lowest BCUT2D eigenvalue weighted by Gasteiger charge is -2.42. The van der Waals surface area contributed by atoms with Crippen molar-refractivity contribution in [1.29, 1.82) is 0 Å². The standard InChI is InChI=1S/C44H50N6O10S/c1-5-17-59-44(56)50-33-23-35(26(2)20-30(33)41(53)49-16-8-6-11-32(49)42(50)60-38-13-7-9-18-58-38)57-19-10-12-37(51)46-29-22-34(48(4)25-29)40(52)47-28-14-15-31(45-24-28)36-21-27(3)39(61-36)43(54)55/h5,14-15,20-25,32,38,42H,1,6-13,16-19H2,2-4H3,(H,46,51)(H,47,52)(H,54,55)/t32-,38?,42?/m0/s1. The molecule has 6 heterocycles. The lowest BCUT2D eigenvalue weighted by atomic mass is 10.00. The van der Waals surface area contributed by atoms with Gasteiger partial charge in [0.05, 0.1) is 52.0 Å². The molecule has 3 aliphatic heterocycles. The molecule has 3 aromatic heterocycles. The molecule has 322 valence electrons. The monoisotopic (exact) mass is 854 g/mol. The predicted molar refractivity (Wildman–Crippen MR) is 228 cm³/mol. The average Bonchev–Trinajstić information content (AvgIpc) is 3.81. The van der Waals surface area contributed by atoms with Crippen molar-refractivity contribution < 1.29 is 48.0 Å². The molecular formula is C44H50N6O10S. The maximum Gasteiger partial charge on any atom is 0.416 e. The summed E-state index contributed by atoms with van der Waals surface area (Å²) >= 11 is 1.14. The van der Waals surface area contributed by atoms with Gasteiger partial charge in [0.25, 0.3) is 11.8 Å². The number of nitrogens with zero attached hydrogens (tertiary/aromatic N) is 4. The summed E-state index contributed by atoms with van der Waals surface area (Å²) in [7, 11) is 1.69. The number of anilines is 3. The highest BCUT2D eigenvalue weighted by molar-refractivity contribution is 7.17. The SMILES string of the molecule is C=CCOC(=O)N1c2cc(OCCCC(=O)Nc3cc(C(=O)Nc4ccc(-c5cc(C)c(C(=O)O)s5)nc4)n(C)c3)c(C)cc2C(=O)N2CCCC[C@H]2C1OC1CCCCO1. The van der Waals surface area contributed by atoms with Crippen LogP contribution < -0.4 is 20.3 Å². The Morgan fingerprint density at radius 1 is 1.03 bits per heavy atom. The number of pyridine rings is 1. The van der Waals surface area contributed by atoms with Gasteiger partial charge in [-0.05, 0) is 100 Å². The number of rotatable bonds is 14. The third-order valence-corrected chi connectivity index (χ3v) is 12.1. The molecule has 2 saturated heterocycles. The first-order chi connectivity index (χ1) is 29.4. The van der Waals surface area contributed by atoms with Crippen LogP contribution in [0.15, 0.2) is 61.4 Å². The van der Waals surface area contributed by atoms with E-state index >= 15 is 0 Å². The van der Waals surface area contributed by atoms with Crippen molar-refractivity contribution in [3.63, 3.8) is 0 Å². The van der Waals surface area contributed by atoms with Gasteiger partial charge in [-0.2, -0.15) is 0 Å². The fraction of sp³-hybridized carbons (Fsp3) is 0.409. The van der Waals surface area contributed by atoms with Crippen molar-refractivity contribution in [2.75, 3.05) is 41.9 Å². The zero-order valence-electron chi connectivity index (χ0n) is 34.4. The first-order valence-electron chi connectivity index (χ1n) is 20.4. The summed E-state index contributed by atoms with van der Waals surface area (Å²) in [5, 5.41) is 15.0. The van der Waals surface area contributed by atoms with Crippen LogP contribution in [0.4, 0.5) is 21.9 Å². The molecule has 2 fully saturated rings. The summed E-state index contributed by atoms with van der Waals surface area (Å²) < 4.78 is 25.9. The number of thiophene rings is 1. The third-order valence-electron chi connectivity index (χ3n) is 10.8. The first kappa shape index (κ1) is 43.1. The van der Waals surface area contributed by atoms with Crippen molar-refractivity contribution in [2.24, 2.45) is 7.05 Å². The summed E-state index contributed by atoms with van der Waals surface area (Å²) in [5.41, 5.74) is 3.78. The van der Waals surface area contributed by atoms with Crippen LogP contribution in [0.25, 0.3) is 10.6 Å². The molecule has 3 atom stereocenters. The van der Waals surface area contributed by atoms with E-state index in [1.807, 2.05) is 11.8 Å². The lowest BCUT2D eigenvalue weighted by molar-refractivity contribution is -0.198. The van der Waals surface area contributed by atoms with Crippen LogP contribution in [0.5, 0.6) is 5.75 Å². The number of piperidine rings is 1. The Bertz CT molecular complexity index is 2300. The quantitative estimate of drug-likeness (QED) is 0.0840. The van der Waals surface area contributed by atoms with Crippen LogP contribution in [0.2, 0.25) is 0 Å². The van der Waals surface area contributed by atoms with E-state index in [1.165, 1.54) is 17.2 Å². The Morgan fingerprint density at radius 2 is 1.85 bits per heavy atom. The number of benzene rings is 1. The van der Waals surface area contributed by atoms with Gasteiger partial charge in [-0.15, -0.1) is 11.3 Å². The number of amides is 4. The van der Waals surface area contributed by atoms with Gasteiger partial charge in [-0.25, -0.2) is 14.5 Å². The van der Waals surface area contributed by atoms with Crippen molar-refractivity contribution in [3.05, 3.63) is 88.7 Å². The van der Waals surface area contributed by atoms with Gasteiger partial charge in [0.1, 0.15) is 22.9 Å². The Hall–Kier alpha value is -6.04. The minimum atomic E-state index is -0.989. The normalized spacial score (nSPS) is 18.7. The number of ether oxygens (including phenoxy) is 4. The number of carboxylic acids is 1. The van der Waals surface area contributed by atoms with Crippen molar-refractivity contribution in [2.45, 2.75) is 83.8 Å². The van der Waals surface area contributed by atoms with Gasteiger partial charge in [0, 0.05) is 38.9 Å². The third kappa shape index (κ3) is 9.79. The molecule has 0 spiro atoms. The van der Waals surface area contributed by atoms with Crippen molar-refractivity contribution in [1.82, 2.24) is 14.5 Å². The molecule has 0 aliphatic carbocycles. The lowest BCUT2D eigenvalue weighted by Crippen LogP contribution is -2.57. The molecule has 17 heteroatoms. The van der Waals surface area contributed by atoms with Crippen molar-refractivity contribution >= 4 is 58.2 Å². The van der Waals surface area contributed by atoms with Gasteiger partial charge < -0.3 is 44.2 Å². The Kier molecular flexibility index (Phi) is 13.5. The number of carbonyl (C=O) groups is 5. The number of hydrogen-bond acceptors (Lipinski definition) is 11. The highest BCUT2D eigenvalue weighted by atomic mass is 32.1. The molecule has 0 saturated carbocycles. The van der Waals surface area contributed by atoms with E-state index in [0.717, 1.165) is 37.0 Å². The fourth-order valence-corrected chi connectivity index (χ4v) is 8.82. The zero-order valence-corrected chi connectivity index (χ0v) is 35.3. The molecule has 3 N–H and O–H groups in total. The summed E-state index contributed by atoms with van der Waals surface area (Å²) in [6.07, 6.45) is 7.88. The predicted octanol–water partition coefficient (Wildman–Crippen LogP) is 7.52. The van der Waals surface area contributed by atoms with E-state index in [-0.39, 0.29) is 36.3 Å². The van der Waals surface area contributed by atoms with Crippen LogP contribution >= 0.6 is 11.3 Å². The van der Waals surface area contributed by atoms with Crippen LogP contribution in [0, 0.1) is 13.8 Å². The number of carbonyl (C=O) groups excluding carboxylic acids is 4. The number of aromatic carboxylic acids is 1. The van der Waals surface area contributed by atoms with Crippen LogP contribution in [0.3, 0.4) is 0 Å². The van der Waals surface area contributed by atoms with Gasteiger partial charge in [-0.3, -0.25) is 19.4 Å². The second-order valence-corrected chi connectivity index (χ2v) is 16.3. The largest absolute Gasteiger partial charge is 0.493 e. The van der Waals surface area contributed by atoms with Gasteiger partial charge in [-0.1, -0.05) is 12.7 Å². The van der Waals surface area contributed by atoms with Crippen LogP contribution in [-0.4, -0.2) is 94.3 Å². The molecule has 7 rings (SSSR count). The molecule has 0 radical (unpaired) electrons. The molecule has 2 unspecified atom stereocenters. The number of aryl methyl sites for hydroxylation is 3. The van der Waals surface area contributed by atoms with Crippen LogP contribution in [0.1, 0.15) is 93.0 Å². The summed E-state index contributed by atoms with van der Waals surface area (Å²) in [4.78, 5) is 74.3. The molecule has 3 aliphatic rings. The Balaban J connectivity index is 0.983. The average molecular weight is 855 g/mol. The van der Waals surface area contributed by atoms with E-state index in [0.29, 0.717) is 88.2 Å². The number of hydrogen-bond donors (Lipinski definition) is 3. The molecule has 4 amide bonds. The van der Waals surface area contributed by atoms with Gasteiger partial charge >= 0.3 is 12.1 Å². The smallest absolute Gasteiger partial charge is 0.416 e. The van der Waals surface area contributed by atoms with Gasteiger partial charge in [0.15, 0.2) is 12.5 Å².